The summed E-state index contributed by atoms with van der Waals surface area (Å²) in [5.74, 6) is 0.773. The first-order valence-corrected chi connectivity index (χ1v) is 12.1. The third kappa shape index (κ3) is 4.59. The van der Waals surface area contributed by atoms with Crippen molar-refractivity contribution >= 4 is 70.5 Å². The molecule has 0 amide bonds. The molecule has 2 heterocycles. The van der Waals surface area contributed by atoms with Crippen LogP contribution in [0.2, 0.25) is 0 Å². The molecule has 11 heteroatoms. The molecule has 4 rings (SSSR count). The number of aromatic nitrogens is 3. The van der Waals surface area contributed by atoms with Gasteiger partial charge in [-0.3, -0.25) is 9.89 Å². The molecule has 7 nitrogen and oxygen atoms in total. The number of nitrogens with one attached hydrogen (secondary N) is 1. The lowest BCUT2D eigenvalue weighted by molar-refractivity contribution is 0.415. The summed E-state index contributed by atoms with van der Waals surface area (Å²) in [6, 6.07) is 11.3. The Morgan fingerprint density at radius 1 is 1.06 bits per heavy atom. The quantitative estimate of drug-likeness (QED) is 0.236. The minimum Gasteiger partial charge on any atom is -0.497 e. The predicted octanol–water partition coefficient (Wildman–Crippen LogP) is 7.31. The fourth-order valence-electron chi connectivity index (χ4n) is 2.78. The second-order valence-corrected chi connectivity index (χ2v) is 9.85. The highest BCUT2D eigenvalue weighted by Gasteiger charge is 2.16. The van der Waals surface area contributed by atoms with E-state index in [0.29, 0.717) is 16.5 Å². The van der Waals surface area contributed by atoms with E-state index < -0.39 is 0 Å². The van der Waals surface area contributed by atoms with Crippen LogP contribution in [0, 0.1) is 6.92 Å². The van der Waals surface area contributed by atoms with Gasteiger partial charge < -0.3 is 4.74 Å². The smallest absolute Gasteiger partial charge is 0.301 e. The zero-order chi connectivity index (χ0) is 22.1. The van der Waals surface area contributed by atoms with Gasteiger partial charge in [0.05, 0.1) is 18.5 Å². The molecule has 1 N–H and O–H groups in total. The first-order chi connectivity index (χ1) is 14.9. The van der Waals surface area contributed by atoms with Crippen molar-refractivity contribution < 1.29 is 4.74 Å². The first kappa shape index (κ1) is 22.1. The number of benzene rings is 2. The summed E-state index contributed by atoms with van der Waals surface area (Å²) < 4.78 is 8.95. The number of azo groups is 1. The topological polar surface area (TPSA) is 84.6 Å². The molecule has 0 atom stereocenters. The van der Waals surface area contributed by atoms with Gasteiger partial charge >= 0.3 is 5.56 Å². The van der Waals surface area contributed by atoms with E-state index in [1.807, 2.05) is 41.8 Å². The van der Waals surface area contributed by atoms with Gasteiger partial charge in [-0.2, -0.15) is 4.68 Å². The number of aryl methyl sites for hydroxylation is 1. The number of thiazole rings is 1. The van der Waals surface area contributed by atoms with Gasteiger partial charge in [0.1, 0.15) is 11.4 Å². The van der Waals surface area contributed by atoms with E-state index in [9.17, 15) is 4.79 Å². The summed E-state index contributed by atoms with van der Waals surface area (Å²) >= 11 is 11.7. The van der Waals surface area contributed by atoms with E-state index in [1.54, 1.807) is 14.0 Å². The average Bonchev–Trinajstić information content (AvgIpc) is 3.33. The molecule has 0 unspecified atom stereocenters. The number of rotatable bonds is 5. The van der Waals surface area contributed by atoms with E-state index in [-0.39, 0.29) is 11.2 Å². The molecule has 0 bridgehead atoms. The Balaban J connectivity index is 1.66. The molecule has 0 saturated heterocycles. The minimum absolute atomic E-state index is 0.225. The zero-order valence-electron chi connectivity index (χ0n) is 16.2. The maximum absolute atomic E-state index is 13.0. The number of aromatic amines is 1. The molecule has 0 spiro atoms. The van der Waals surface area contributed by atoms with Crippen LogP contribution < -0.4 is 10.3 Å². The molecular formula is C20H14Br3N5O2S. The maximum Gasteiger partial charge on any atom is 0.301 e. The summed E-state index contributed by atoms with van der Waals surface area (Å²) in [4.78, 5) is 17.6. The normalized spacial score (nSPS) is 11.4. The van der Waals surface area contributed by atoms with Crippen molar-refractivity contribution in [3.8, 4) is 22.1 Å². The van der Waals surface area contributed by atoms with Crippen LogP contribution in [0.5, 0.6) is 5.75 Å². The Morgan fingerprint density at radius 2 is 1.71 bits per heavy atom. The summed E-state index contributed by atoms with van der Waals surface area (Å²) in [6.07, 6.45) is 0. The van der Waals surface area contributed by atoms with Crippen molar-refractivity contribution in [2.24, 2.45) is 10.2 Å². The summed E-state index contributed by atoms with van der Waals surface area (Å²) in [5.41, 5.74) is 2.80. The van der Waals surface area contributed by atoms with Crippen LogP contribution in [0.15, 0.2) is 70.2 Å². The highest BCUT2D eigenvalue weighted by molar-refractivity contribution is 9.11. The lowest BCUT2D eigenvalue weighted by Gasteiger charge is -2.01. The van der Waals surface area contributed by atoms with E-state index in [4.69, 9.17) is 4.74 Å². The van der Waals surface area contributed by atoms with Gasteiger partial charge in [-0.15, -0.1) is 21.6 Å². The van der Waals surface area contributed by atoms with Crippen molar-refractivity contribution in [2.45, 2.75) is 6.92 Å². The fraction of sp³-hybridized carbons (Fsp3) is 0.100. The van der Waals surface area contributed by atoms with E-state index in [1.165, 1.54) is 16.0 Å². The SMILES string of the molecule is COc1ccc(-c2csc(-n3[nH]c(C)c(N=Nc4c(Br)cc(Br)cc4Br)c3=O)n2)cc1. The second-order valence-electron chi connectivity index (χ2n) is 6.39. The minimum atomic E-state index is -0.318. The lowest BCUT2D eigenvalue weighted by atomic mass is 10.2. The van der Waals surface area contributed by atoms with Crippen LogP contribution in [0.25, 0.3) is 16.4 Å². The Morgan fingerprint density at radius 3 is 2.35 bits per heavy atom. The fourth-order valence-corrected chi connectivity index (χ4v) is 5.99. The van der Waals surface area contributed by atoms with Crippen LogP contribution in [0.4, 0.5) is 11.4 Å². The van der Waals surface area contributed by atoms with Gasteiger partial charge in [0, 0.05) is 24.4 Å². The van der Waals surface area contributed by atoms with Gasteiger partial charge in [-0.25, -0.2) is 4.98 Å². The number of hydrogen-bond acceptors (Lipinski definition) is 6. The molecular weight excluding hydrogens is 614 g/mol. The number of nitrogens with zero attached hydrogens (tertiary/aromatic N) is 4. The van der Waals surface area contributed by atoms with Crippen LogP contribution in [0.1, 0.15) is 5.69 Å². The Labute approximate surface area is 206 Å². The predicted molar refractivity (Wildman–Crippen MR) is 133 cm³/mol. The summed E-state index contributed by atoms with van der Waals surface area (Å²) in [7, 11) is 1.62. The van der Waals surface area contributed by atoms with Gasteiger partial charge in [0.2, 0.25) is 5.13 Å². The van der Waals surface area contributed by atoms with Gasteiger partial charge in [-0.05, 0) is 75.2 Å². The zero-order valence-corrected chi connectivity index (χ0v) is 21.8. The Kier molecular flexibility index (Phi) is 6.56. The first-order valence-electron chi connectivity index (χ1n) is 8.85. The highest BCUT2D eigenvalue weighted by atomic mass is 79.9. The molecule has 0 fully saturated rings. The number of halogens is 3. The molecule has 0 aliphatic heterocycles. The molecule has 31 heavy (non-hydrogen) atoms. The van der Waals surface area contributed by atoms with E-state index in [0.717, 1.165) is 30.4 Å². The van der Waals surface area contributed by atoms with E-state index >= 15 is 0 Å². The van der Waals surface area contributed by atoms with Crippen LogP contribution >= 0.6 is 59.1 Å². The number of hydrogen-bond donors (Lipinski definition) is 1. The Bertz CT molecular complexity index is 1320. The maximum atomic E-state index is 13.0. The van der Waals surface area contributed by atoms with Gasteiger partial charge in [0.25, 0.3) is 0 Å². The average molecular weight is 628 g/mol. The second kappa shape index (κ2) is 9.19. The molecule has 2 aromatic heterocycles. The molecule has 0 radical (unpaired) electrons. The third-order valence-electron chi connectivity index (χ3n) is 4.34. The van der Waals surface area contributed by atoms with Crippen LogP contribution in [0.3, 0.4) is 0 Å². The highest BCUT2D eigenvalue weighted by Crippen LogP contribution is 2.37. The van der Waals surface area contributed by atoms with Crippen molar-refractivity contribution in [3.05, 3.63) is 71.2 Å². The monoisotopic (exact) mass is 625 g/mol. The van der Waals surface area contributed by atoms with Crippen LogP contribution in [-0.2, 0) is 0 Å². The number of H-pyrrole nitrogens is 1. The third-order valence-corrected chi connectivity index (χ3v) is 6.83. The van der Waals surface area contributed by atoms with Crippen molar-refractivity contribution in [2.75, 3.05) is 7.11 Å². The van der Waals surface area contributed by atoms with Crippen LogP contribution in [-0.4, -0.2) is 21.9 Å². The molecule has 158 valence electrons. The standard InChI is InChI=1S/C20H14Br3N5O2S/c1-10-17(25-26-18-14(22)7-12(21)8-15(18)23)19(29)28(27-10)20-24-16(9-31-20)11-3-5-13(30-2)6-4-11/h3-9,27H,1-2H3. The number of ether oxygens (including phenoxy) is 1. The lowest BCUT2D eigenvalue weighted by Crippen LogP contribution is -2.13. The molecule has 0 aliphatic carbocycles. The largest absolute Gasteiger partial charge is 0.497 e. The van der Waals surface area contributed by atoms with E-state index in [2.05, 4.69) is 68.1 Å². The van der Waals surface area contributed by atoms with Crippen molar-refractivity contribution in [1.82, 2.24) is 14.8 Å². The molecule has 2 aromatic carbocycles. The molecule has 0 saturated carbocycles. The van der Waals surface area contributed by atoms with Crippen molar-refractivity contribution in [3.63, 3.8) is 0 Å². The molecule has 0 aliphatic rings. The van der Waals surface area contributed by atoms with Gasteiger partial charge in [0.15, 0.2) is 5.69 Å². The van der Waals surface area contributed by atoms with Gasteiger partial charge in [-0.1, -0.05) is 15.9 Å². The van der Waals surface area contributed by atoms with Crippen molar-refractivity contribution in [1.29, 1.82) is 0 Å². The Hall–Kier alpha value is -2.08. The summed E-state index contributed by atoms with van der Waals surface area (Å²) in [6.45, 7) is 1.77. The summed E-state index contributed by atoms with van der Waals surface area (Å²) in [5, 5.41) is 13.9. The molecule has 4 aromatic rings. The number of methoxy groups -OCH3 is 1.